The lowest BCUT2D eigenvalue weighted by molar-refractivity contribution is 0.111. The number of urea groups is 1. The molecule has 0 saturated carbocycles. The third-order valence-electron chi connectivity index (χ3n) is 5.29. The number of amides is 2. The predicted molar refractivity (Wildman–Crippen MR) is 119 cm³/mol. The molecule has 9 heteroatoms. The van der Waals surface area contributed by atoms with Crippen LogP contribution in [0.15, 0.2) is 29.0 Å². The van der Waals surface area contributed by atoms with Gasteiger partial charge in [0.15, 0.2) is 11.5 Å². The Kier molecular flexibility index (Phi) is 7.78. The molecule has 2 amide bonds. The quantitative estimate of drug-likeness (QED) is 0.666. The lowest BCUT2D eigenvalue weighted by Crippen LogP contribution is -2.48. The summed E-state index contributed by atoms with van der Waals surface area (Å²) >= 11 is 1.68. The molecule has 2 N–H and O–H groups in total. The molecule has 164 valence electrons. The van der Waals surface area contributed by atoms with Crippen LogP contribution in [0.4, 0.5) is 10.5 Å². The van der Waals surface area contributed by atoms with Gasteiger partial charge in [0.05, 0.1) is 33.1 Å². The highest BCUT2D eigenvalue weighted by Gasteiger charge is 2.25. The molecular formula is C21H30N4O4S. The van der Waals surface area contributed by atoms with Crippen LogP contribution in [0.25, 0.3) is 0 Å². The molecule has 3 rings (SSSR count). The fourth-order valence-electron chi connectivity index (χ4n) is 3.57. The summed E-state index contributed by atoms with van der Waals surface area (Å²) in [5.74, 6) is 1.46. The second-order valence-electron chi connectivity index (χ2n) is 7.16. The van der Waals surface area contributed by atoms with Gasteiger partial charge >= 0.3 is 6.03 Å². The van der Waals surface area contributed by atoms with Crippen molar-refractivity contribution in [1.82, 2.24) is 15.1 Å². The number of nitrogens with zero attached hydrogens (tertiary/aromatic N) is 2. The molecule has 0 aliphatic carbocycles. The van der Waals surface area contributed by atoms with Gasteiger partial charge in [-0.2, -0.15) is 11.3 Å². The highest BCUT2D eigenvalue weighted by molar-refractivity contribution is 7.07. The molecule has 1 fully saturated rings. The first kappa shape index (κ1) is 22.2. The van der Waals surface area contributed by atoms with Crippen LogP contribution in [0.3, 0.4) is 0 Å². The van der Waals surface area contributed by atoms with Crippen molar-refractivity contribution >= 4 is 23.1 Å². The average molecular weight is 435 g/mol. The van der Waals surface area contributed by atoms with Gasteiger partial charge in [0.1, 0.15) is 0 Å². The largest absolute Gasteiger partial charge is 0.493 e. The number of piperazine rings is 1. The summed E-state index contributed by atoms with van der Waals surface area (Å²) in [7, 11) is 6.77. The third-order valence-corrected chi connectivity index (χ3v) is 5.99. The normalized spacial score (nSPS) is 16.0. The van der Waals surface area contributed by atoms with Gasteiger partial charge in [-0.3, -0.25) is 4.90 Å². The van der Waals surface area contributed by atoms with Crippen molar-refractivity contribution in [3.63, 3.8) is 0 Å². The number of thiophene rings is 1. The zero-order chi connectivity index (χ0) is 21.5. The Morgan fingerprint density at radius 3 is 2.30 bits per heavy atom. The topological polar surface area (TPSA) is 75.3 Å². The Hall–Kier alpha value is -2.49. The van der Waals surface area contributed by atoms with Gasteiger partial charge in [0.2, 0.25) is 5.75 Å². The maximum atomic E-state index is 12.6. The first-order valence-electron chi connectivity index (χ1n) is 9.85. The molecule has 1 aliphatic rings. The lowest BCUT2D eigenvalue weighted by Gasteiger charge is -2.38. The van der Waals surface area contributed by atoms with Crippen molar-refractivity contribution in [3.05, 3.63) is 34.5 Å². The molecule has 0 spiro atoms. The molecular weight excluding hydrogens is 404 g/mol. The van der Waals surface area contributed by atoms with Crippen molar-refractivity contribution in [2.45, 2.75) is 6.04 Å². The summed E-state index contributed by atoms with van der Waals surface area (Å²) in [4.78, 5) is 17.4. The van der Waals surface area contributed by atoms with E-state index in [1.807, 2.05) is 0 Å². The number of ether oxygens (including phenoxy) is 3. The SMILES string of the molecule is COc1cc(NC(=O)NCC(c2ccsc2)N2CCN(C)CC2)cc(OC)c1OC. The number of nitrogens with one attached hydrogen (secondary N) is 2. The van der Waals surface area contributed by atoms with Gasteiger partial charge in [0.25, 0.3) is 0 Å². The van der Waals surface area contributed by atoms with E-state index >= 15 is 0 Å². The minimum Gasteiger partial charge on any atom is -0.493 e. The second kappa shape index (κ2) is 10.5. The van der Waals surface area contributed by atoms with Crippen molar-refractivity contribution in [1.29, 1.82) is 0 Å². The van der Waals surface area contributed by atoms with Crippen LogP contribution in [0, 0.1) is 0 Å². The number of likely N-dealkylation sites (N-methyl/N-ethyl adjacent to an activating group) is 1. The van der Waals surface area contributed by atoms with Gasteiger partial charge in [-0.1, -0.05) is 0 Å². The predicted octanol–water partition coefficient (Wildman–Crippen LogP) is 2.88. The van der Waals surface area contributed by atoms with E-state index < -0.39 is 0 Å². The van der Waals surface area contributed by atoms with Crippen molar-refractivity contribution in [3.8, 4) is 17.2 Å². The Morgan fingerprint density at radius 2 is 1.77 bits per heavy atom. The first-order valence-corrected chi connectivity index (χ1v) is 10.8. The molecule has 0 radical (unpaired) electrons. The molecule has 1 unspecified atom stereocenters. The van der Waals surface area contributed by atoms with Crippen molar-refractivity contribution in [2.75, 3.05) is 66.4 Å². The second-order valence-corrected chi connectivity index (χ2v) is 7.94. The molecule has 2 aromatic rings. The van der Waals surface area contributed by atoms with Crippen LogP contribution in [0.2, 0.25) is 0 Å². The number of methoxy groups -OCH3 is 3. The number of benzene rings is 1. The maximum Gasteiger partial charge on any atom is 0.319 e. The fraction of sp³-hybridized carbons (Fsp3) is 0.476. The molecule has 2 heterocycles. The van der Waals surface area contributed by atoms with Crippen molar-refractivity contribution in [2.24, 2.45) is 0 Å². The maximum absolute atomic E-state index is 12.6. The first-order chi connectivity index (χ1) is 14.5. The van der Waals surface area contributed by atoms with E-state index in [1.165, 1.54) is 5.56 Å². The fourth-order valence-corrected chi connectivity index (χ4v) is 4.28. The van der Waals surface area contributed by atoms with E-state index in [0.29, 0.717) is 29.5 Å². The number of hydrogen-bond donors (Lipinski definition) is 2. The van der Waals surface area contributed by atoms with Gasteiger partial charge in [0, 0.05) is 44.9 Å². The van der Waals surface area contributed by atoms with Crippen LogP contribution in [0.5, 0.6) is 17.2 Å². The average Bonchev–Trinajstić information content (AvgIpc) is 3.28. The molecule has 1 atom stereocenters. The van der Waals surface area contributed by atoms with Gasteiger partial charge in [-0.05, 0) is 29.4 Å². The Labute approximate surface area is 181 Å². The summed E-state index contributed by atoms with van der Waals surface area (Å²) in [5.41, 5.74) is 1.80. The number of rotatable bonds is 8. The minimum absolute atomic E-state index is 0.149. The molecule has 0 bridgehead atoms. The number of carbonyl (C=O) groups is 1. The van der Waals surface area contributed by atoms with Gasteiger partial charge in [-0.25, -0.2) is 4.79 Å². The molecule has 1 saturated heterocycles. The van der Waals surface area contributed by atoms with Crippen LogP contribution < -0.4 is 24.8 Å². The van der Waals surface area contributed by atoms with E-state index in [1.54, 1.807) is 44.8 Å². The highest BCUT2D eigenvalue weighted by atomic mass is 32.1. The van der Waals surface area contributed by atoms with E-state index in [2.05, 4.69) is 44.3 Å². The highest BCUT2D eigenvalue weighted by Crippen LogP contribution is 2.39. The van der Waals surface area contributed by atoms with Gasteiger partial charge < -0.3 is 29.7 Å². The third kappa shape index (κ3) is 5.35. The van der Waals surface area contributed by atoms with Crippen LogP contribution in [-0.2, 0) is 0 Å². The van der Waals surface area contributed by atoms with Crippen molar-refractivity contribution < 1.29 is 19.0 Å². The summed E-state index contributed by atoms with van der Waals surface area (Å²) < 4.78 is 16.0. The number of carbonyl (C=O) groups excluding carboxylic acids is 1. The summed E-state index contributed by atoms with van der Waals surface area (Å²) in [5, 5.41) is 10.1. The Morgan fingerprint density at radius 1 is 1.10 bits per heavy atom. The number of hydrogen-bond acceptors (Lipinski definition) is 7. The Balaban J connectivity index is 1.66. The van der Waals surface area contributed by atoms with Crippen LogP contribution in [-0.4, -0.2) is 76.9 Å². The standard InChI is InChI=1S/C21H30N4O4S/c1-24-6-8-25(9-7-24)17(15-5-10-30-14-15)13-22-21(26)23-16-11-18(27-2)20(29-4)19(12-16)28-3/h5,10-12,14,17H,6-9,13H2,1-4H3,(H2,22,23,26). The summed E-state index contributed by atoms with van der Waals surface area (Å²) in [6, 6.07) is 5.41. The van der Waals surface area contributed by atoms with Crippen LogP contribution in [0.1, 0.15) is 11.6 Å². The Bertz CT molecular complexity index is 797. The lowest BCUT2D eigenvalue weighted by atomic mass is 10.1. The van der Waals surface area contributed by atoms with E-state index in [4.69, 9.17) is 14.2 Å². The van der Waals surface area contributed by atoms with E-state index in [-0.39, 0.29) is 12.1 Å². The summed E-state index contributed by atoms with van der Waals surface area (Å²) in [6.45, 7) is 4.54. The number of anilines is 1. The summed E-state index contributed by atoms with van der Waals surface area (Å²) in [6.07, 6.45) is 0. The minimum atomic E-state index is -0.279. The zero-order valence-electron chi connectivity index (χ0n) is 17.9. The smallest absolute Gasteiger partial charge is 0.319 e. The monoisotopic (exact) mass is 434 g/mol. The molecule has 1 aliphatic heterocycles. The molecule has 1 aromatic heterocycles. The molecule has 1 aromatic carbocycles. The van der Waals surface area contributed by atoms with Gasteiger partial charge in [-0.15, -0.1) is 0 Å². The van der Waals surface area contributed by atoms with E-state index in [0.717, 1.165) is 26.2 Å². The molecule has 8 nitrogen and oxygen atoms in total. The molecule has 30 heavy (non-hydrogen) atoms. The zero-order valence-corrected chi connectivity index (χ0v) is 18.8. The van der Waals surface area contributed by atoms with E-state index in [9.17, 15) is 4.79 Å². The van der Waals surface area contributed by atoms with Crippen LogP contribution >= 0.6 is 11.3 Å².